The highest BCUT2D eigenvalue weighted by Crippen LogP contribution is 2.20. The second-order valence-corrected chi connectivity index (χ2v) is 3.54. The van der Waals surface area contributed by atoms with Gasteiger partial charge in [-0.15, -0.1) is 0 Å². The Bertz CT molecular complexity index is 400. The minimum atomic E-state index is 0.597. The first-order chi connectivity index (χ1) is 6.33. The lowest BCUT2D eigenvalue weighted by Gasteiger charge is -2.12. The zero-order valence-electron chi connectivity index (χ0n) is 8.20. The van der Waals surface area contributed by atoms with Crippen LogP contribution in [0.5, 0.6) is 0 Å². The van der Waals surface area contributed by atoms with Gasteiger partial charge in [0.2, 0.25) is 0 Å². The Balaban J connectivity index is 2.57. The van der Waals surface area contributed by atoms with Crippen molar-refractivity contribution in [3.8, 4) is 0 Å². The topological polar surface area (TPSA) is 4.93 Å². The van der Waals surface area contributed by atoms with Gasteiger partial charge in [-0.2, -0.15) is 0 Å². The van der Waals surface area contributed by atoms with E-state index in [1.807, 2.05) is 0 Å². The van der Waals surface area contributed by atoms with Gasteiger partial charge in [-0.25, -0.2) is 0 Å². The summed E-state index contributed by atoms with van der Waals surface area (Å²) in [7, 11) is 0. The lowest BCUT2D eigenvalue weighted by molar-refractivity contribution is 0.548. The van der Waals surface area contributed by atoms with Crippen molar-refractivity contribution in [2.45, 2.75) is 26.3 Å². The summed E-state index contributed by atoms with van der Waals surface area (Å²) < 4.78 is 2.34. The van der Waals surface area contributed by atoms with Gasteiger partial charge in [0, 0.05) is 17.8 Å². The third-order valence-corrected chi connectivity index (χ3v) is 2.70. The van der Waals surface area contributed by atoms with Gasteiger partial charge in [-0.05, 0) is 30.9 Å². The Morgan fingerprint density at radius 1 is 1.23 bits per heavy atom. The van der Waals surface area contributed by atoms with Crippen LogP contribution >= 0.6 is 0 Å². The van der Waals surface area contributed by atoms with Crippen molar-refractivity contribution in [2.75, 3.05) is 0 Å². The zero-order chi connectivity index (χ0) is 9.26. The summed E-state index contributed by atoms with van der Waals surface area (Å²) in [6.07, 6.45) is 3.36. The molecular formula is C12H15N. The Labute approximate surface area is 79.0 Å². The molecule has 1 aromatic heterocycles. The smallest absolute Gasteiger partial charge is 0.0482 e. The fraction of sp³-hybridized carbons (Fsp3) is 0.333. The average Bonchev–Trinajstić information content (AvgIpc) is 2.60. The van der Waals surface area contributed by atoms with Gasteiger partial charge in [-0.3, -0.25) is 0 Å². The third kappa shape index (κ3) is 1.35. The molecule has 1 heterocycles. The van der Waals surface area contributed by atoms with E-state index in [4.69, 9.17) is 0 Å². The lowest BCUT2D eigenvalue weighted by atomic mass is 10.2. The number of fused-ring (bicyclic) bond motifs is 1. The van der Waals surface area contributed by atoms with Crippen LogP contribution in [-0.2, 0) is 0 Å². The van der Waals surface area contributed by atoms with E-state index >= 15 is 0 Å². The molecule has 0 amide bonds. The highest BCUT2D eigenvalue weighted by Gasteiger charge is 2.04. The van der Waals surface area contributed by atoms with Gasteiger partial charge in [0.05, 0.1) is 0 Å². The van der Waals surface area contributed by atoms with Crippen molar-refractivity contribution in [1.29, 1.82) is 0 Å². The van der Waals surface area contributed by atoms with Crippen LogP contribution in [0.15, 0.2) is 36.5 Å². The van der Waals surface area contributed by atoms with Crippen molar-refractivity contribution in [3.63, 3.8) is 0 Å². The number of hydrogen-bond acceptors (Lipinski definition) is 0. The highest BCUT2D eigenvalue weighted by atomic mass is 15.0. The molecule has 0 saturated carbocycles. The van der Waals surface area contributed by atoms with Crippen LogP contribution in [0.4, 0.5) is 0 Å². The molecule has 0 spiro atoms. The molecule has 1 atom stereocenters. The molecule has 13 heavy (non-hydrogen) atoms. The van der Waals surface area contributed by atoms with E-state index < -0.39 is 0 Å². The summed E-state index contributed by atoms with van der Waals surface area (Å²) in [6, 6.07) is 11.3. The number of aromatic nitrogens is 1. The maximum atomic E-state index is 2.34. The number of nitrogens with zero attached hydrogens (tertiary/aromatic N) is 1. The quantitative estimate of drug-likeness (QED) is 0.653. The predicted molar refractivity (Wildman–Crippen MR) is 56.9 cm³/mol. The van der Waals surface area contributed by atoms with E-state index in [-0.39, 0.29) is 0 Å². The van der Waals surface area contributed by atoms with Crippen LogP contribution < -0.4 is 0 Å². The van der Waals surface area contributed by atoms with Gasteiger partial charge in [0.15, 0.2) is 0 Å². The number of hydrogen-bond donors (Lipinski definition) is 0. The monoisotopic (exact) mass is 173 g/mol. The summed E-state index contributed by atoms with van der Waals surface area (Å²) in [5, 5.41) is 1.34. The molecule has 0 aliphatic carbocycles. The molecular weight excluding hydrogens is 158 g/mol. The van der Waals surface area contributed by atoms with Crippen LogP contribution in [0.25, 0.3) is 10.9 Å². The van der Waals surface area contributed by atoms with Gasteiger partial charge in [0.25, 0.3) is 0 Å². The van der Waals surface area contributed by atoms with Crippen molar-refractivity contribution in [1.82, 2.24) is 4.57 Å². The molecule has 2 aromatic rings. The number of benzene rings is 1. The molecule has 0 aliphatic heterocycles. The van der Waals surface area contributed by atoms with E-state index in [0.29, 0.717) is 6.04 Å². The van der Waals surface area contributed by atoms with E-state index in [1.165, 1.54) is 17.3 Å². The Morgan fingerprint density at radius 2 is 2.00 bits per heavy atom. The van der Waals surface area contributed by atoms with Crippen LogP contribution in [0.2, 0.25) is 0 Å². The summed E-state index contributed by atoms with van der Waals surface area (Å²) in [5.74, 6) is 0. The molecule has 0 aliphatic rings. The Kier molecular flexibility index (Phi) is 2.09. The highest BCUT2D eigenvalue weighted by molar-refractivity contribution is 5.80. The fourth-order valence-corrected chi connectivity index (χ4v) is 1.69. The van der Waals surface area contributed by atoms with Crippen molar-refractivity contribution in [2.24, 2.45) is 0 Å². The molecule has 0 fully saturated rings. The molecule has 1 nitrogen and oxygen atoms in total. The van der Waals surface area contributed by atoms with E-state index in [1.54, 1.807) is 0 Å². The second-order valence-electron chi connectivity index (χ2n) is 3.54. The summed E-state index contributed by atoms with van der Waals surface area (Å²) in [4.78, 5) is 0. The number of para-hydroxylation sites is 1. The zero-order valence-corrected chi connectivity index (χ0v) is 8.20. The second kappa shape index (κ2) is 3.25. The largest absolute Gasteiger partial charge is 0.345 e. The van der Waals surface area contributed by atoms with Crippen LogP contribution in [0.1, 0.15) is 26.3 Å². The molecule has 0 radical (unpaired) electrons. The Hall–Kier alpha value is -1.24. The fourth-order valence-electron chi connectivity index (χ4n) is 1.69. The van der Waals surface area contributed by atoms with Crippen molar-refractivity contribution < 1.29 is 0 Å². The molecule has 1 heteroatoms. The number of rotatable bonds is 2. The first kappa shape index (κ1) is 8.36. The standard InChI is InChI=1S/C12H15N/c1-3-10(2)13-9-8-11-6-4-5-7-12(11)13/h4-10H,3H2,1-2H3/t10-/m0/s1. The SMILES string of the molecule is CC[C@H](C)n1ccc2ccccc21. The van der Waals surface area contributed by atoms with Gasteiger partial charge in [0.1, 0.15) is 0 Å². The minimum Gasteiger partial charge on any atom is -0.345 e. The lowest BCUT2D eigenvalue weighted by Crippen LogP contribution is -2.01. The molecule has 0 bridgehead atoms. The summed E-state index contributed by atoms with van der Waals surface area (Å²) in [6.45, 7) is 4.48. The first-order valence-corrected chi connectivity index (χ1v) is 4.88. The molecule has 1 aromatic carbocycles. The normalized spacial score (nSPS) is 13.4. The molecule has 0 N–H and O–H groups in total. The minimum absolute atomic E-state index is 0.597. The first-order valence-electron chi connectivity index (χ1n) is 4.88. The third-order valence-electron chi connectivity index (χ3n) is 2.70. The molecule has 0 unspecified atom stereocenters. The average molecular weight is 173 g/mol. The van der Waals surface area contributed by atoms with Gasteiger partial charge >= 0.3 is 0 Å². The molecule has 0 saturated heterocycles. The van der Waals surface area contributed by atoms with Crippen molar-refractivity contribution in [3.05, 3.63) is 36.5 Å². The maximum absolute atomic E-state index is 2.34. The summed E-state index contributed by atoms with van der Waals surface area (Å²) in [5.41, 5.74) is 1.34. The molecule has 68 valence electrons. The Morgan fingerprint density at radius 3 is 2.77 bits per heavy atom. The molecule has 2 rings (SSSR count). The van der Waals surface area contributed by atoms with Gasteiger partial charge in [-0.1, -0.05) is 25.1 Å². The van der Waals surface area contributed by atoms with Crippen LogP contribution in [-0.4, -0.2) is 4.57 Å². The van der Waals surface area contributed by atoms with E-state index in [2.05, 4.69) is 54.9 Å². The van der Waals surface area contributed by atoms with E-state index in [9.17, 15) is 0 Å². The maximum Gasteiger partial charge on any atom is 0.0482 e. The predicted octanol–water partition coefficient (Wildman–Crippen LogP) is 3.61. The van der Waals surface area contributed by atoms with Crippen molar-refractivity contribution >= 4 is 10.9 Å². The van der Waals surface area contributed by atoms with Gasteiger partial charge < -0.3 is 4.57 Å². The van der Waals surface area contributed by atoms with E-state index in [0.717, 1.165) is 0 Å². The van der Waals surface area contributed by atoms with Crippen LogP contribution in [0, 0.1) is 0 Å². The van der Waals surface area contributed by atoms with Crippen LogP contribution in [0.3, 0.4) is 0 Å². The summed E-state index contributed by atoms with van der Waals surface area (Å²) >= 11 is 0.